The van der Waals surface area contributed by atoms with Crippen LogP contribution in [0.4, 0.5) is 0 Å². The van der Waals surface area contributed by atoms with Gasteiger partial charge < -0.3 is 14.2 Å². The lowest BCUT2D eigenvalue weighted by molar-refractivity contribution is 0.0596. The second-order valence-electron chi connectivity index (χ2n) is 3.50. The highest BCUT2D eigenvalue weighted by Gasteiger charge is 2.24. The summed E-state index contributed by atoms with van der Waals surface area (Å²) in [6.07, 6.45) is 0. The van der Waals surface area contributed by atoms with Gasteiger partial charge in [-0.1, -0.05) is 0 Å². The van der Waals surface area contributed by atoms with Gasteiger partial charge in [0, 0.05) is 5.56 Å². The van der Waals surface area contributed by atoms with Gasteiger partial charge in [0.05, 0.1) is 25.8 Å². The lowest BCUT2D eigenvalue weighted by atomic mass is 10.0. The van der Waals surface area contributed by atoms with Crippen molar-refractivity contribution in [2.45, 2.75) is 13.8 Å². The fourth-order valence-electron chi connectivity index (χ4n) is 1.75. The Morgan fingerprint density at radius 1 is 1.00 bits per heavy atom. The largest absolute Gasteiger partial charge is 0.495 e. The van der Waals surface area contributed by atoms with Gasteiger partial charge in [0.15, 0.2) is 0 Å². The van der Waals surface area contributed by atoms with Gasteiger partial charge >= 0.3 is 5.97 Å². The molecule has 0 spiro atoms. The third-order valence-corrected chi connectivity index (χ3v) is 3.56. The van der Waals surface area contributed by atoms with E-state index in [1.54, 1.807) is 14.0 Å². The molecule has 94 valence electrons. The summed E-state index contributed by atoms with van der Waals surface area (Å²) in [7, 11) is 4.43. The molecule has 0 fully saturated rings. The van der Waals surface area contributed by atoms with E-state index in [-0.39, 0.29) is 0 Å². The van der Waals surface area contributed by atoms with E-state index in [4.69, 9.17) is 14.2 Å². The predicted octanol–water partition coefficient (Wildman–Crippen LogP) is 2.87. The van der Waals surface area contributed by atoms with Crippen LogP contribution in [0.1, 0.15) is 21.5 Å². The third kappa shape index (κ3) is 2.24. The van der Waals surface area contributed by atoms with Crippen LogP contribution in [0.5, 0.6) is 11.5 Å². The molecule has 0 aliphatic carbocycles. The Labute approximate surface area is 109 Å². The molecule has 0 amide bonds. The Balaban J connectivity index is 3.65. The number of ether oxygens (including phenoxy) is 3. The number of hydrogen-bond acceptors (Lipinski definition) is 4. The van der Waals surface area contributed by atoms with Crippen molar-refractivity contribution in [1.29, 1.82) is 0 Å². The number of esters is 1. The minimum Gasteiger partial charge on any atom is -0.495 e. The molecule has 0 aliphatic heterocycles. The van der Waals surface area contributed by atoms with E-state index in [2.05, 4.69) is 15.9 Å². The van der Waals surface area contributed by atoms with Crippen molar-refractivity contribution in [3.8, 4) is 11.5 Å². The van der Waals surface area contributed by atoms with Crippen LogP contribution in [0, 0.1) is 13.8 Å². The highest BCUT2D eigenvalue weighted by atomic mass is 79.9. The normalized spacial score (nSPS) is 10.0. The molecule has 0 radical (unpaired) electrons. The average Bonchev–Trinajstić information content (AvgIpc) is 2.33. The molecule has 1 aromatic carbocycles. The minimum absolute atomic E-state index is 0.417. The molecule has 0 atom stereocenters. The van der Waals surface area contributed by atoms with Gasteiger partial charge in [-0.25, -0.2) is 4.79 Å². The molecule has 1 rings (SSSR count). The highest BCUT2D eigenvalue weighted by molar-refractivity contribution is 9.10. The fraction of sp³-hybridized carbons (Fsp3) is 0.417. The zero-order valence-electron chi connectivity index (χ0n) is 10.5. The fourth-order valence-corrected chi connectivity index (χ4v) is 2.41. The summed E-state index contributed by atoms with van der Waals surface area (Å²) in [5.74, 6) is 0.715. The van der Waals surface area contributed by atoms with E-state index in [1.807, 2.05) is 6.92 Å². The Bertz CT molecular complexity index is 455. The second-order valence-corrected chi connectivity index (χ2v) is 4.29. The molecule has 0 unspecified atom stereocenters. The van der Waals surface area contributed by atoms with Crippen LogP contribution in [-0.2, 0) is 4.74 Å². The summed E-state index contributed by atoms with van der Waals surface area (Å²) in [5.41, 5.74) is 1.91. The first-order valence-electron chi connectivity index (χ1n) is 4.98. The first kappa shape index (κ1) is 13.8. The lowest BCUT2D eigenvalue weighted by Gasteiger charge is -2.18. The molecule has 0 saturated carbocycles. The van der Waals surface area contributed by atoms with E-state index in [1.165, 1.54) is 14.2 Å². The Hall–Kier alpha value is -1.23. The SMILES string of the molecule is COC(=O)c1c(C)c(Br)c(OC)c(C)c1OC. The smallest absolute Gasteiger partial charge is 0.341 e. The van der Waals surface area contributed by atoms with Crippen molar-refractivity contribution >= 4 is 21.9 Å². The molecular weight excluding hydrogens is 288 g/mol. The second kappa shape index (κ2) is 5.40. The van der Waals surface area contributed by atoms with Crippen LogP contribution in [0.25, 0.3) is 0 Å². The van der Waals surface area contributed by atoms with E-state index in [0.29, 0.717) is 17.1 Å². The summed E-state index contributed by atoms with van der Waals surface area (Å²) in [4.78, 5) is 11.8. The van der Waals surface area contributed by atoms with Crippen molar-refractivity contribution in [1.82, 2.24) is 0 Å². The van der Waals surface area contributed by atoms with Crippen molar-refractivity contribution in [2.24, 2.45) is 0 Å². The quantitative estimate of drug-likeness (QED) is 0.806. The van der Waals surface area contributed by atoms with Crippen LogP contribution < -0.4 is 9.47 Å². The molecule has 0 aliphatic rings. The topological polar surface area (TPSA) is 44.8 Å². The molecule has 0 saturated heterocycles. The van der Waals surface area contributed by atoms with Gasteiger partial charge in [-0.15, -0.1) is 0 Å². The lowest BCUT2D eigenvalue weighted by Crippen LogP contribution is -2.09. The Morgan fingerprint density at radius 2 is 1.53 bits per heavy atom. The van der Waals surface area contributed by atoms with Gasteiger partial charge in [-0.3, -0.25) is 0 Å². The molecular formula is C12H15BrO4. The van der Waals surface area contributed by atoms with Crippen LogP contribution in [0.15, 0.2) is 4.47 Å². The van der Waals surface area contributed by atoms with Gasteiger partial charge in [-0.05, 0) is 35.3 Å². The van der Waals surface area contributed by atoms with Crippen molar-refractivity contribution in [3.63, 3.8) is 0 Å². The Morgan fingerprint density at radius 3 is 1.94 bits per heavy atom. The van der Waals surface area contributed by atoms with Crippen LogP contribution >= 0.6 is 15.9 Å². The predicted molar refractivity (Wildman–Crippen MR) is 68.1 cm³/mol. The molecule has 0 bridgehead atoms. The van der Waals surface area contributed by atoms with E-state index >= 15 is 0 Å². The zero-order valence-corrected chi connectivity index (χ0v) is 12.1. The molecule has 0 aromatic heterocycles. The number of carbonyl (C=O) groups is 1. The number of halogens is 1. The van der Waals surface area contributed by atoms with Crippen molar-refractivity contribution < 1.29 is 19.0 Å². The van der Waals surface area contributed by atoms with Crippen LogP contribution in [0.3, 0.4) is 0 Å². The molecule has 0 N–H and O–H groups in total. The van der Waals surface area contributed by atoms with E-state index in [0.717, 1.165) is 15.6 Å². The first-order chi connectivity index (χ1) is 7.99. The molecule has 4 nitrogen and oxygen atoms in total. The summed E-state index contributed by atoms with van der Waals surface area (Å²) in [5, 5.41) is 0. The number of benzene rings is 1. The van der Waals surface area contributed by atoms with Crippen LogP contribution in [0.2, 0.25) is 0 Å². The number of hydrogen-bond donors (Lipinski definition) is 0. The van der Waals surface area contributed by atoms with Gasteiger partial charge in [-0.2, -0.15) is 0 Å². The average molecular weight is 303 g/mol. The monoisotopic (exact) mass is 302 g/mol. The highest BCUT2D eigenvalue weighted by Crippen LogP contribution is 2.41. The number of carbonyl (C=O) groups excluding carboxylic acids is 1. The maximum atomic E-state index is 11.8. The minimum atomic E-state index is -0.425. The first-order valence-corrected chi connectivity index (χ1v) is 5.77. The van der Waals surface area contributed by atoms with Crippen molar-refractivity contribution in [2.75, 3.05) is 21.3 Å². The maximum Gasteiger partial charge on any atom is 0.341 e. The van der Waals surface area contributed by atoms with Gasteiger partial charge in [0.25, 0.3) is 0 Å². The summed E-state index contributed by atoms with van der Waals surface area (Å²) in [6.45, 7) is 3.63. The molecule has 1 aromatic rings. The summed E-state index contributed by atoms with van der Waals surface area (Å²) >= 11 is 3.41. The number of methoxy groups -OCH3 is 3. The van der Waals surface area contributed by atoms with Crippen LogP contribution in [-0.4, -0.2) is 27.3 Å². The summed E-state index contributed by atoms with van der Waals surface area (Å²) < 4.78 is 16.1. The molecule has 0 heterocycles. The maximum absolute atomic E-state index is 11.8. The zero-order chi connectivity index (χ0) is 13.2. The van der Waals surface area contributed by atoms with Gasteiger partial charge in [0.1, 0.15) is 17.1 Å². The number of rotatable bonds is 3. The van der Waals surface area contributed by atoms with E-state index < -0.39 is 5.97 Å². The standard InChI is InChI=1S/C12H15BrO4/c1-6-8(12(14)17-5)10(15-3)7(2)11(16-4)9(6)13/h1-5H3. The van der Waals surface area contributed by atoms with E-state index in [9.17, 15) is 4.79 Å². The molecule has 17 heavy (non-hydrogen) atoms. The Kier molecular flexibility index (Phi) is 4.40. The summed E-state index contributed by atoms with van der Waals surface area (Å²) in [6, 6.07) is 0. The third-order valence-electron chi connectivity index (χ3n) is 2.61. The molecule has 5 heteroatoms. The van der Waals surface area contributed by atoms with Gasteiger partial charge in [0.2, 0.25) is 0 Å². The van der Waals surface area contributed by atoms with Crippen molar-refractivity contribution in [3.05, 3.63) is 21.2 Å².